The van der Waals surface area contributed by atoms with Gasteiger partial charge in [-0.25, -0.2) is 0 Å². The first kappa shape index (κ1) is 18.8. The van der Waals surface area contributed by atoms with E-state index in [2.05, 4.69) is 0 Å². The summed E-state index contributed by atoms with van der Waals surface area (Å²) in [7, 11) is 0. The van der Waals surface area contributed by atoms with Gasteiger partial charge in [-0.2, -0.15) is 0 Å². The molecule has 1 fully saturated rings. The SMILES string of the molecule is CC(C)OC1C(O)OC(CO)C(OC(C)C)C1OC(C)C. The second kappa shape index (κ2) is 8.41. The van der Waals surface area contributed by atoms with E-state index >= 15 is 0 Å². The van der Waals surface area contributed by atoms with Crippen molar-refractivity contribution in [3.8, 4) is 0 Å². The number of aliphatic hydroxyl groups excluding tert-OH is 2. The fraction of sp³-hybridized carbons (Fsp3) is 1.00. The Morgan fingerprint density at radius 1 is 0.810 bits per heavy atom. The molecule has 21 heavy (non-hydrogen) atoms. The van der Waals surface area contributed by atoms with Gasteiger partial charge < -0.3 is 29.2 Å². The molecule has 0 aromatic heterocycles. The quantitative estimate of drug-likeness (QED) is 0.733. The highest BCUT2D eigenvalue weighted by Crippen LogP contribution is 2.29. The number of hydrogen-bond acceptors (Lipinski definition) is 6. The van der Waals surface area contributed by atoms with E-state index in [0.29, 0.717) is 0 Å². The van der Waals surface area contributed by atoms with Crippen LogP contribution in [0.3, 0.4) is 0 Å². The van der Waals surface area contributed by atoms with E-state index in [9.17, 15) is 10.2 Å². The van der Waals surface area contributed by atoms with Crippen LogP contribution in [0.5, 0.6) is 0 Å². The Hall–Kier alpha value is -0.240. The van der Waals surface area contributed by atoms with Gasteiger partial charge in [0.15, 0.2) is 6.29 Å². The molecule has 0 aliphatic carbocycles. The first-order chi connectivity index (χ1) is 9.76. The van der Waals surface area contributed by atoms with Crippen LogP contribution in [0.4, 0.5) is 0 Å². The Bertz CT molecular complexity index is 294. The van der Waals surface area contributed by atoms with Crippen LogP contribution in [-0.2, 0) is 18.9 Å². The van der Waals surface area contributed by atoms with Gasteiger partial charge >= 0.3 is 0 Å². The van der Waals surface area contributed by atoms with E-state index in [0.717, 1.165) is 0 Å². The maximum Gasteiger partial charge on any atom is 0.184 e. The molecular weight excluding hydrogens is 276 g/mol. The summed E-state index contributed by atoms with van der Waals surface area (Å²) >= 11 is 0. The second-order valence-electron chi connectivity index (χ2n) is 6.20. The molecule has 1 heterocycles. The Kier molecular flexibility index (Phi) is 7.53. The lowest BCUT2D eigenvalue weighted by Crippen LogP contribution is -2.62. The molecule has 0 spiro atoms. The summed E-state index contributed by atoms with van der Waals surface area (Å²) in [6.07, 6.45) is -3.65. The number of ether oxygens (including phenoxy) is 4. The van der Waals surface area contributed by atoms with Crippen molar-refractivity contribution in [1.82, 2.24) is 0 Å². The summed E-state index contributed by atoms with van der Waals surface area (Å²) in [6, 6.07) is 0. The molecule has 1 aliphatic rings. The van der Waals surface area contributed by atoms with Crippen molar-refractivity contribution in [2.75, 3.05) is 6.61 Å². The molecular formula is C15H30O6. The zero-order chi connectivity index (χ0) is 16.2. The summed E-state index contributed by atoms with van der Waals surface area (Å²) in [5, 5.41) is 19.7. The summed E-state index contributed by atoms with van der Waals surface area (Å²) < 4.78 is 23.0. The highest BCUT2D eigenvalue weighted by atomic mass is 16.7. The van der Waals surface area contributed by atoms with Gasteiger partial charge in [-0.1, -0.05) is 0 Å². The summed E-state index contributed by atoms with van der Waals surface area (Å²) in [5.74, 6) is 0. The van der Waals surface area contributed by atoms with E-state index in [4.69, 9.17) is 18.9 Å². The van der Waals surface area contributed by atoms with Gasteiger partial charge in [0, 0.05) is 0 Å². The van der Waals surface area contributed by atoms with Crippen molar-refractivity contribution in [2.24, 2.45) is 0 Å². The lowest BCUT2D eigenvalue weighted by Gasteiger charge is -2.45. The van der Waals surface area contributed by atoms with Gasteiger partial charge in [0.25, 0.3) is 0 Å². The van der Waals surface area contributed by atoms with Crippen molar-refractivity contribution in [3.05, 3.63) is 0 Å². The lowest BCUT2D eigenvalue weighted by atomic mass is 9.97. The Labute approximate surface area is 127 Å². The number of hydrogen-bond donors (Lipinski definition) is 2. The maximum atomic E-state index is 10.2. The molecule has 0 aromatic carbocycles. The topological polar surface area (TPSA) is 77.4 Å². The molecule has 0 bridgehead atoms. The average Bonchev–Trinajstić information content (AvgIpc) is 2.35. The molecule has 126 valence electrons. The summed E-state index contributed by atoms with van der Waals surface area (Å²) in [6.45, 7) is 11.2. The number of rotatable bonds is 7. The minimum Gasteiger partial charge on any atom is -0.394 e. The molecule has 0 radical (unpaired) electrons. The molecule has 5 unspecified atom stereocenters. The smallest absolute Gasteiger partial charge is 0.184 e. The third kappa shape index (κ3) is 5.47. The third-order valence-corrected chi connectivity index (χ3v) is 3.08. The van der Waals surface area contributed by atoms with Crippen molar-refractivity contribution in [3.63, 3.8) is 0 Å². The highest BCUT2D eigenvalue weighted by Gasteiger charge is 2.48. The van der Waals surface area contributed by atoms with Crippen LogP contribution in [0, 0.1) is 0 Å². The van der Waals surface area contributed by atoms with Crippen LogP contribution in [0.15, 0.2) is 0 Å². The molecule has 2 N–H and O–H groups in total. The Balaban J connectivity index is 2.99. The van der Waals surface area contributed by atoms with Crippen LogP contribution < -0.4 is 0 Å². The fourth-order valence-corrected chi connectivity index (χ4v) is 2.45. The normalized spacial score (nSPS) is 34.1. The van der Waals surface area contributed by atoms with Gasteiger partial charge in [0.1, 0.15) is 24.4 Å². The Morgan fingerprint density at radius 2 is 1.24 bits per heavy atom. The van der Waals surface area contributed by atoms with Gasteiger partial charge in [0.05, 0.1) is 24.9 Å². The Morgan fingerprint density at radius 3 is 1.67 bits per heavy atom. The summed E-state index contributed by atoms with van der Waals surface area (Å²) in [5.41, 5.74) is 0. The van der Waals surface area contributed by atoms with Gasteiger partial charge in [-0.3, -0.25) is 0 Å². The average molecular weight is 306 g/mol. The van der Waals surface area contributed by atoms with Crippen molar-refractivity contribution < 1.29 is 29.2 Å². The first-order valence-electron chi connectivity index (χ1n) is 7.67. The van der Waals surface area contributed by atoms with Crippen LogP contribution in [0.25, 0.3) is 0 Å². The van der Waals surface area contributed by atoms with Crippen LogP contribution in [0.2, 0.25) is 0 Å². The van der Waals surface area contributed by atoms with Crippen molar-refractivity contribution in [1.29, 1.82) is 0 Å². The van der Waals surface area contributed by atoms with Crippen molar-refractivity contribution in [2.45, 2.75) is 90.6 Å². The van der Waals surface area contributed by atoms with Gasteiger partial charge in [-0.05, 0) is 41.5 Å². The standard InChI is InChI=1S/C15H30O6/c1-8(2)18-12-11(7-16)21-15(17)14(20-10(5)6)13(12)19-9(3)4/h8-17H,7H2,1-6H3. The molecule has 1 aliphatic heterocycles. The van der Waals surface area contributed by atoms with E-state index in [1.165, 1.54) is 0 Å². The molecule has 5 atom stereocenters. The van der Waals surface area contributed by atoms with Gasteiger partial charge in [0.2, 0.25) is 0 Å². The molecule has 1 saturated heterocycles. The van der Waals surface area contributed by atoms with Crippen molar-refractivity contribution >= 4 is 0 Å². The van der Waals surface area contributed by atoms with Crippen LogP contribution in [0.1, 0.15) is 41.5 Å². The number of aliphatic hydroxyl groups is 2. The largest absolute Gasteiger partial charge is 0.394 e. The first-order valence-corrected chi connectivity index (χ1v) is 7.67. The van der Waals surface area contributed by atoms with Crippen LogP contribution in [-0.4, -0.2) is 65.8 Å². The van der Waals surface area contributed by atoms with Gasteiger partial charge in [-0.15, -0.1) is 0 Å². The molecule has 6 nitrogen and oxygen atoms in total. The maximum absolute atomic E-state index is 10.2. The zero-order valence-corrected chi connectivity index (χ0v) is 13.9. The van der Waals surface area contributed by atoms with E-state index in [1.54, 1.807) is 0 Å². The molecule has 0 amide bonds. The van der Waals surface area contributed by atoms with Crippen LogP contribution >= 0.6 is 0 Å². The monoisotopic (exact) mass is 306 g/mol. The lowest BCUT2D eigenvalue weighted by molar-refractivity contribution is -0.322. The van der Waals surface area contributed by atoms with E-state index in [-0.39, 0.29) is 24.9 Å². The molecule has 1 rings (SSSR count). The fourth-order valence-electron chi connectivity index (χ4n) is 2.45. The molecule has 0 saturated carbocycles. The summed E-state index contributed by atoms with van der Waals surface area (Å²) in [4.78, 5) is 0. The molecule has 0 aromatic rings. The zero-order valence-electron chi connectivity index (χ0n) is 13.9. The van der Waals surface area contributed by atoms with E-state index in [1.807, 2.05) is 41.5 Å². The highest BCUT2D eigenvalue weighted by molar-refractivity contribution is 4.93. The predicted octanol–water partition coefficient (Wildman–Crippen LogP) is 1.08. The minimum absolute atomic E-state index is 0.0548. The predicted molar refractivity (Wildman–Crippen MR) is 78.0 cm³/mol. The van der Waals surface area contributed by atoms with E-state index < -0.39 is 30.7 Å². The minimum atomic E-state index is -1.15. The third-order valence-electron chi connectivity index (χ3n) is 3.08. The molecule has 6 heteroatoms. The second-order valence-corrected chi connectivity index (χ2v) is 6.20.